The number of esters is 1. The number of para-hydroxylation sites is 1. The number of ether oxygens (including phenoxy) is 2. The van der Waals surface area contributed by atoms with Gasteiger partial charge in [0.25, 0.3) is 11.6 Å². The molecule has 1 aliphatic heterocycles. The number of nitro benzene ring substituents is 1. The van der Waals surface area contributed by atoms with Crippen molar-refractivity contribution in [2.45, 2.75) is 4.90 Å². The topological polar surface area (TPSA) is 145 Å². The van der Waals surface area contributed by atoms with Crippen molar-refractivity contribution in [2.24, 2.45) is 0 Å². The van der Waals surface area contributed by atoms with E-state index in [1.54, 1.807) is 6.07 Å². The Labute approximate surface area is 189 Å². The quantitative estimate of drug-likeness (QED) is 0.263. The summed E-state index contributed by atoms with van der Waals surface area (Å²) in [4.78, 5) is 34.3. The zero-order valence-electron chi connectivity index (χ0n) is 17.4. The SMILES string of the molecule is O=C(COC(=O)C=Cc1ccccc1[N+](=O)[O-])Nc1ccc(S(=O)(=O)N2CCOCC2)cc1. The summed E-state index contributed by atoms with van der Waals surface area (Å²) in [6, 6.07) is 11.5. The number of hydrogen-bond donors (Lipinski definition) is 1. The van der Waals surface area contributed by atoms with E-state index in [-0.39, 0.29) is 29.2 Å². The molecule has 0 saturated carbocycles. The van der Waals surface area contributed by atoms with Crippen LogP contribution in [0.1, 0.15) is 5.56 Å². The van der Waals surface area contributed by atoms with Crippen molar-refractivity contribution >= 4 is 39.4 Å². The van der Waals surface area contributed by atoms with E-state index >= 15 is 0 Å². The van der Waals surface area contributed by atoms with Crippen molar-refractivity contribution in [3.05, 3.63) is 70.3 Å². The molecule has 0 spiro atoms. The number of carbonyl (C=O) groups is 2. The van der Waals surface area contributed by atoms with E-state index in [9.17, 15) is 28.1 Å². The molecule has 0 bridgehead atoms. The molecule has 0 aliphatic carbocycles. The highest BCUT2D eigenvalue weighted by Gasteiger charge is 2.26. The molecule has 174 valence electrons. The van der Waals surface area contributed by atoms with E-state index in [0.29, 0.717) is 18.9 Å². The number of carbonyl (C=O) groups excluding carboxylic acids is 2. The minimum Gasteiger partial charge on any atom is -0.452 e. The zero-order chi connectivity index (χ0) is 23.8. The molecule has 2 aromatic rings. The summed E-state index contributed by atoms with van der Waals surface area (Å²) >= 11 is 0. The first-order valence-electron chi connectivity index (χ1n) is 9.83. The van der Waals surface area contributed by atoms with Gasteiger partial charge in [0, 0.05) is 30.9 Å². The second kappa shape index (κ2) is 10.8. The average molecular weight is 475 g/mol. The van der Waals surface area contributed by atoms with Crippen LogP contribution in [0.2, 0.25) is 0 Å². The third-order valence-corrected chi connectivity index (χ3v) is 6.54. The molecule has 1 amide bonds. The van der Waals surface area contributed by atoms with Crippen molar-refractivity contribution in [3.63, 3.8) is 0 Å². The molecule has 0 atom stereocenters. The minimum absolute atomic E-state index is 0.0916. The average Bonchev–Trinajstić information content (AvgIpc) is 2.82. The normalized spacial score (nSPS) is 14.7. The molecular weight excluding hydrogens is 454 g/mol. The lowest BCUT2D eigenvalue weighted by Gasteiger charge is -2.26. The predicted molar refractivity (Wildman–Crippen MR) is 118 cm³/mol. The zero-order valence-corrected chi connectivity index (χ0v) is 18.2. The number of nitrogens with zero attached hydrogens (tertiary/aromatic N) is 2. The number of amides is 1. The van der Waals surface area contributed by atoms with Gasteiger partial charge in [-0.2, -0.15) is 4.31 Å². The molecule has 0 aromatic heterocycles. The van der Waals surface area contributed by atoms with E-state index in [0.717, 1.165) is 6.08 Å². The number of sulfonamides is 1. The Bertz CT molecular complexity index is 1160. The molecule has 11 nitrogen and oxygen atoms in total. The Morgan fingerprint density at radius 2 is 1.79 bits per heavy atom. The summed E-state index contributed by atoms with van der Waals surface area (Å²) in [6.45, 7) is 0.636. The lowest BCUT2D eigenvalue weighted by molar-refractivity contribution is -0.385. The fourth-order valence-electron chi connectivity index (χ4n) is 2.98. The van der Waals surface area contributed by atoms with Gasteiger partial charge < -0.3 is 14.8 Å². The molecule has 12 heteroatoms. The Kier molecular flexibility index (Phi) is 7.87. The number of rotatable bonds is 8. The number of morpholine rings is 1. The summed E-state index contributed by atoms with van der Waals surface area (Å²) in [5.74, 6) is -1.48. The molecule has 1 saturated heterocycles. The van der Waals surface area contributed by atoms with Crippen LogP contribution in [0.3, 0.4) is 0 Å². The van der Waals surface area contributed by atoms with Crippen LogP contribution < -0.4 is 5.32 Å². The van der Waals surface area contributed by atoms with Gasteiger partial charge in [0.1, 0.15) is 0 Å². The Morgan fingerprint density at radius 1 is 1.12 bits per heavy atom. The summed E-state index contributed by atoms with van der Waals surface area (Å²) in [6.07, 6.45) is 2.22. The first-order chi connectivity index (χ1) is 15.8. The van der Waals surface area contributed by atoms with Crippen LogP contribution in [0.5, 0.6) is 0 Å². The monoisotopic (exact) mass is 475 g/mol. The standard InChI is InChI=1S/C21H21N3O8S/c25-20(15-32-21(26)10-5-16-3-1-2-4-19(16)24(27)28)22-17-6-8-18(9-7-17)33(29,30)23-11-13-31-14-12-23/h1-10H,11-15H2,(H,22,25). The van der Waals surface area contributed by atoms with Crippen LogP contribution in [-0.2, 0) is 29.1 Å². The number of benzene rings is 2. The van der Waals surface area contributed by atoms with Crippen molar-refractivity contribution < 1.29 is 32.4 Å². The molecule has 33 heavy (non-hydrogen) atoms. The highest BCUT2D eigenvalue weighted by atomic mass is 32.2. The van der Waals surface area contributed by atoms with Gasteiger partial charge in [-0.1, -0.05) is 12.1 Å². The largest absolute Gasteiger partial charge is 0.452 e. The van der Waals surface area contributed by atoms with Crippen LogP contribution in [0.15, 0.2) is 59.5 Å². The third kappa shape index (κ3) is 6.44. The van der Waals surface area contributed by atoms with Gasteiger partial charge in [0.05, 0.1) is 28.6 Å². The summed E-state index contributed by atoms with van der Waals surface area (Å²) in [5, 5.41) is 13.5. The number of nitrogens with one attached hydrogen (secondary N) is 1. The van der Waals surface area contributed by atoms with E-state index in [4.69, 9.17) is 9.47 Å². The second-order valence-electron chi connectivity index (χ2n) is 6.85. The first-order valence-corrected chi connectivity index (χ1v) is 11.3. The van der Waals surface area contributed by atoms with E-state index < -0.39 is 33.4 Å². The number of anilines is 1. The lowest BCUT2D eigenvalue weighted by atomic mass is 10.1. The molecule has 0 unspecified atom stereocenters. The molecule has 3 rings (SSSR count). The maximum Gasteiger partial charge on any atom is 0.331 e. The first kappa shape index (κ1) is 24.0. The van der Waals surface area contributed by atoms with Gasteiger partial charge in [-0.25, -0.2) is 13.2 Å². The maximum atomic E-state index is 12.6. The molecule has 1 aliphatic rings. The molecule has 1 N–H and O–H groups in total. The van der Waals surface area contributed by atoms with Gasteiger partial charge in [-0.3, -0.25) is 14.9 Å². The van der Waals surface area contributed by atoms with E-state index in [1.807, 2.05) is 0 Å². The highest BCUT2D eigenvalue weighted by Crippen LogP contribution is 2.20. The Balaban J connectivity index is 1.52. The lowest BCUT2D eigenvalue weighted by Crippen LogP contribution is -2.40. The number of nitro groups is 1. The number of hydrogen-bond acceptors (Lipinski definition) is 8. The van der Waals surface area contributed by atoms with Crippen LogP contribution in [0.4, 0.5) is 11.4 Å². The van der Waals surface area contributed by atoms with Crippen LogP contribution in [0.25, 0.3) is 6.08 Å². The second-order valence-corrected chi connectivity index (χ2v) is 8.78. The third-order valence-electron chi connectivity index (χ3n) is 4.62. The fourth-order valence-corrected chi connectivity index (χ4v) is 4.39. The van der Waals surface area contributed by atoms with Crippen molar-refractivity contribution in [1.82, 2.24) is 4.31 Å². The van der Waals surface area contributed by atoms with Crippen LogP contribution >= 0.6 is 0 Å². The molecule has 2 aromatic carbocycles. The van der Waals surface area contributed by atoms with Gasteiger partial charge >= 0.3 is 5.97 Å². The smallest absolute Gasteiger partial charge is 0.331 e. The maximum absolute atomic E-state index is 12.6. The van der Waals surface area contributed by atoms with Gasteiger partial charge in [0.2, 0.25) is 10.0 Å². The Hall–Kier alpha value is -3.61. The molecule has 0 radical (unpaired) electrons. The van der Waals surface area contributed by atoms with E-state index in [2.05, 4.69) is 5.32 Å². The van der Waals surface area contributed by atoms with Gasteiger partial charge in [0.15, 0.2) is 6.61 Å². The van der Waals surface area contributed by atoms with Crippen LogP contribution in [-0.4, -0.2) is 62.4 Å². The van der Waals surface area contributed by atoms with Crippen molar-refractivity contribution in [2.75, 3.05) is 38.2 Å². The van der Waals surface area contributed by atoms with Crippen molar-refractivity contribution in [3.8, 4) is 0 Å². The molecular formula is C21H21N3O8S. The van der Waals surface area contributed by atoms with Crippen LogP contribution in [0, 0.1) is 10.1 Å². The molecule has 1 fully saturated rings. The Morgan fingerprint density at radius 3 is 2.45 bits per heavy atom. The molecule has 1 heterocycles. The van der Waals surface area contributed by atoms with Crippen molar-refractivity contribution in [1.29, 1.82) is 0 Å². The summed E-state index contributed by atoms with van der Waals surface area (Å²) in [5.41, 5.74) is 0.377. The minimum atomic E-state index is -3.64. The summed E-state index contributed by atoms with van der Waals surface area (Å²) < 4.78 is 36.5. The fraction of sp³-hybridized carbons (Fsp3) is 0.238. The van der Waals surface area contributed by atoms with Gasteiger partial charge in [-0.15, -0.1) is 0 Å². The predicted octanol–water partition coefficient (Wildman–Crippen LogP) is 1.81. The highest BCUT2D eigenvalue weighted by molar-refractivity contribution is 7.89. The van der Waals surface area contributed by atoms with Gasteiger partial charge in [-0.05, 0) is 36.4 Å². The summed E-state index contributed by atoms with van der Waals surface area (Å²) in [7, 11) is -3.64. The van der Waals surface area contributed by atoms with E-state index in [1.165, 1.54) is 52.8 Å².